The second-order valence-electron chi connectivity index (χ2n) is 4.69. The lowest BCUT2D eigenvalue weighted by Gasteiger charge is -2.15. The molecule has 2 N–H and O–H groups in total. The molecule has 0 bridgehead atoms. The molecule has 1 aliphatic rings. The van der Waals surface area contributed by atoms with Gasteiger partial charge in [-0.25, -0.2) is 0 Å². The highest BCUT2D eigenvalue weighted by Gasteiger charge is 2.27. The number of ether oxygens (including phenoxy) is 2. The Bertz CT molecular complexity index is 174. The van der Waals surface area contributed by atoms with Crippen molar-refractivity contribution >= 4 is 0 Å². The van der Waals surface area contributed by atoms with Gasteiger partial charge in [-0.05, 0) is 31.2 Å². The number of aliphatic hydroxyl groups is 1. The largest absolute Gasteiger partial charge is 0.389 e. The highest BCUT2D eigenvalue weighted by molar-refractivity contribution is 4.80. The molecule has 16 heavy (non-hydrogen) atoms. The van der Waals surface area contributed by atoms with E-state index in [0.717, 1.165) is 18.4 Å². The Morgan fingerprint density at radius 1 is 1.31 bits per heavy atom. The summed E-state index contributed by atoms with van der Waals surface area (Å²) in [5.74, 6) is 1.66. The molecule has 1 rings (SSSR count). The topological polar surface area (TPSA) is 50.7 Å². The fourth-order valence-corrected chi connectivity index (χ4v) is 1.73. The first-order chi connectivity index (χ1) is 7.74. The molecule has 96 valence electrons. The number of rotatable bonds is 10. The maximum absolute atomic E-state index is 9.59. The summed E-state index contributed by atoms with van der Waals surface area (Å²) >= 11 is 0. The highest BCUT2D eigenvalue weighted by Crippen LogP contribution is 2.35. The molecule has 0 aliphatic heterocycles. The van der Waals surface area contributed by atoms with Gasteiger partial charge in [-0.3, -0.25) is 0 Å². The molecule has 0 aromatic heterocycles. The van der Waals surface area contributed by atoms with Crippen LogP contribution in [-0.2, 0) is 9.47 Å². The lowest BCUT2D eigenvalue weighted by Crippen LogP contribution is -2.33. The van der Waals surface area contributed by atoms with E-state index in [1.165, 1.54) is 12.8 Å². The summed E-state index contributed by atoms with van der Waals surface area (Å²) in [6, 6.07) is 0. The van der Waals surface area contributed by atoms with Crippen LogP contribution in [0.5, 0.6) is 0 Å². The summed E-state index contributed by atoms with van der Waals surface area (Å²) in [6.07, 6.45) is 2.35. The molecule has 2 unspecified atom stereocenters. The van der Waals surface area contributed by atoms with Gasteiger partial charge in [0.1, 0.15) is 0 Å². The summed E-state index contributed by atoms with van der Waals surface area (Å²) in [6.45, 7) is 5.40. The van der Waals surface area contributed by atoms with E-state index in [-0.39, 0.29) is 0 Å². The molecule has 0 heterocycles. The normalized spacial score (nSPS) is 19.7. The van der Waals surface area contributed by atoms with Gasteiger partial charge < -0.3 is 19.9 Å². The monoisotopic (exact) mass is 231 g/mol. The van der Waals surface area contributed by atoms with E-state index >= 15 is 0 Å². The second-order valence-corrected chi connectivity index (χ2v) is 4.69. The third-order valence-electron chi connectivity index (χ3n) is 3.02. The van der Waals surface area contributed by atoms with Crippen LogP contribution in [0.3, 0.4) is 0 Å². The molecule has 0 spiro atoms. The molecule has 4 nitrogen and oxygen atoms in total. The molecule has 1 saturated carbocycles. The van der Waals surface area contributed by atoms with Crippen LogP contribution in [-0.4, -0.2) is 51.2 Å². The fourth-order valence-electron chi connectivity index (χ4n) is 1.73. The van der Waals surface area contributed by atoms with Crippen molar-refractivity contribution in [1.82, 2.24) is 5.32 Å². The lowest BCUT2D eigenvalue weighted by molar-refractivity contribution is 0.0135. The molecule has 2 atom stereocenters. The smallest absolute Gasteiger partial charge is 0.0897 e. The molecule has 0 saturated heterocycles. The third kappa shape index (κ3) is 6.43. The summed E-state index contributed by atoms with van der Waals surface area (Å²) in [5, 5.41) is 12.9. The van der Waals surface area contributed by atoms with Crippen molar-refractivity contribution < 1.29 is 14.6 Å². The van der Waals surface area contributed by atoms with Crippen LogP contribution in [0.4, 0.5) is 0 Å². The van der Waals surface area contributed by atoms with Gasteiger partial charge in [-0.2, -0.15) is 0 Å². The first-order valence-electron chi connectivity index (χ1n) is 6.19. The highest BCUT2D eigenvalue weighted by atomic mass is 16.5. The van der Waals surface area contributed by atoms with Crippen molar-refractivity contribution in [2.24, 2.45) is 11.8 Å². The molecular formula is C12H25NO3. The maximum atomic E-state index is 9.59. The van der Waals surface area contributed by atoms with Gasteiger partial charge in [-0.1, -0.05) is 6.92 Å². The molecule has 0 aromatic carbocycles. The molecule has 0 amide bonds. The fraction of sp³-hybridized carbons (Fsp3) is 1.00. The third-order valence-corrected chi connectivity index (χ3v) is 3.02. The summed E-state index contributed by atoms with van der Waals surface area (Å²) in [5.41, 5.74) is 0. The van der Waals surface area contributed by atoms with Gasteiger partial charge in [-0.15, -0.1) is 0 Å². The first kappa shape index (κ1) is 13.9. The molecule has 4 heteroatoms. The Morgan fingerprint density at radius 2 is 2.06 bits per heavy atom. The summed E-state index contributed by atoms with van der Waals surface area (Å²) < 4.78 is 10.1. The Morgan fingerprint density at radius 3 is 2.69 bits per heavy atom. The molecule has 1 fully saturated rings. The number of methoxy groups -OCH3 is 1. The van der Waals surface area contributed by atoms with E-state index in [2.05, 4.69) is 12.2 Å². The van der Waals surface area contributed by atoms with E-state index in [9.17, 15) is 5.11 Å². The first-order valence-corrected chi connectivity index (χ1v) is 6.19. The van der Waals surface area contributed by atoms with Gasteiger partial charge in [0, 0.05) is 13.7 Å². The predicted octanol–water partition coefficient (Wildman–Crippen LogP) is 0.646. The Hall–Kier alpha value is -0.160. The number of hydrogen-bond donors (Lipinski definition) is 2. The van der Waals surface area contributed by atoms with Crippen LogP contribution >= 0.6 is 0 Å². The molecule has 0 aromatic rings. The zero-order chi connectivity index (χ0) is 11.8. The summed E-state index contributed by atoms with van der Waals surface area (Å²) in [4.78, 5) is 0. The van der Waals surface area contributed by atoms with Crippen LogP contribution in [0.15, 0.2) is 0 Å². The van der Waals surface area contributed by atoms with E-state index in [1.807, 2.05) is 0 Å². The van der Waals surface area contributed by atoms with Gasteiger partial charge in [0.15, 0.2) is 0 Å². The lowest BCUT2D eigenvalue weighted by atomic mass is 10.1. The second kappa shape index (κ2) is 8.01. The molecule has 1 aliphatic carbocycles. The van der Waals surface area contributed by atoms with Gasteiger partial charge in [0.05, 0.1) is 25.9 Å². The van der Waals surface area contributed by atoms with Crippen LogP contribution in [0, 0.1) is 11.8 Å². The van der Waals surface area contributed by atoms with Crippen molar-refractivity contribution in [2.45, 2.75) is 25.9 Å². The Kier molecular flexibility index (Phi) is 6.96. The van der Waals surface area contributed by atoms with E-state index in [1.54, 1.807) is 7.11 Å². The van der Waals surface area contributed by atoms with Crippen molar-refractivity contribution in [1.29, 1.82) is 0 Å². The van der Waals surface area contributed by atoms with Crippen molar-refractivity contribution in [3.05, 3.63) is 0 Å². The van der Waals surface area contributed by atoms with Gasteiger partial charge in [0.2, 0.25) is 0 Å². The van der Waals surface area contributed by atoms with Crippen LogP contribution in [0.1, 0.15) is 19.8 Å². The molecule has 0 radical (unpaired) electrons. The zero-order valence-electron chi connectivity index (χ0n) is 10.4. The number of hydrogen-bond acceptors (Lipinski definition) is 4. The SMILES string of the molecule is COCCOCC(O)CNCC(C)C1CC1. The van der Waals surface area contributed by atoms with E-state index in [4.69, 9.17) is 9.47 Å². The maximum Gasteiger partial charge on any atom is 0.0897 e. The quantitative estimate of drug-likeness (QED) is 0.542. The zero-order valence-corrected chi connectivity index (χ0v) is 10.4. The number of aliphatic hydroxyl groups excluding tert-OH is 1. The van der Waals surface area contributed by atoms with Crippen LogP contribution in [0.25, 0.3) is 0 Å². The van der Waals surface area contributed by atoms with Gasteiger partial charge >= 0.3 is 0 Å². The van der Waals surface area contributed by atoms with Gasteiger partial charge in [0.25, 0.3) is 0 Å². The van der Waals surface area contributed by atoms with Crippen LogP contribution in [0.2, 0.25) is 0 Å². The minimum Gasteiger partial charge on any atom is -0.389 e. The minimum atomic E-state index is -0.414. The van der Waals surface area contributed by atoms with Crippen molar-refractivity contribution in [3.63, 3.8) is 0 Å². The minimum absolute atomic E-state index is 0.383. The van der Waals surface area contributed by atoms with Crippen molar-refractivity contribution in [2.75, 3.05) is 40.0 Å². The summed E-state index contributed by atoms with van der Waals surface area (Å²) in [7, 11) is 1.64. The van der Waals surface area contributed by atoms with Crippen LogP contribution < -0.4 is 5.32 Å². The average Bonchev–Trinajstić information content (AvgIpc) is 3.08. The number of nitrogens with one attached hydrogen (secondary N) is 1. The Balaban J connectivity index is 1.87. The van der Waals surface area contributed by atoms with E-state index < -0.39 is 6.10 Å². The standard InChI is InChI=1S/C12H25NO3/c1-10(11-3-4-11)7-13-8-12(14)9-16-6-5-15-2/h10-14H,3-9H2,1-2H3. The van der Waals surface area contributed by atoms with E-state index in [0.29, 0.717) is 26.4 Å². The average molecular weight is 231 g/mol. The van der Waals surface area contributed by atoms with Crippen molar-refractivity contribution in [3.8, 4) is 0 Å². The predicted molar refractivity (Wildman–Crippen MR) is 63.5 cm³/mol. The molecular weight excluding hydrogens is 206 g/mol. The Labute approximate surface area is 98.3 Å².